The molecular formula is C21H21NO6. The van der Waals surface area contributed by atoms with E-state index in [1.165, 1.54) is 31.1 Å². The number of Topliss-reactive ketones (excluding diaryl/α,β-unsaturated/α-hetero) is 1. The molecule has 0 bridgehead atoms. The number of carbonyl (C=O) groups is 3. The van der Waals surface area contributed by atoms with Crippen LogP contribution in [0.4, 0.5) is 5.69 Å². The molecule has 2 aromatic carbocycles. The predicted octanol–water partition coefficient (Wildman–Crippen LogP) is 3.01. The zero-order chi connectivity index (χ0) is 20.3. The zero-order valence-corrected chi connectivity index (χ0v) is 15.9. The van der Waals surface area contributed by atoms with E-state index in [9.17, 15) is 14.4 Å². The van der Waals surface area contributed by atoms with Gasteiger partial charge < -0.3 is 19.1 Å². The second kappa shape index (κ2) is 8.12. The van der Waals surface area contributed by atoms with Crippen molar-refractivity contribution in [1.29, 1.82) is 0 Å². The lowest BCUT2D eigenvalue weighted by Gasteiger charge is -2.32. The number of benzene rings is 2. The molecule has 7 nitrogen and oxygen atoms in total. The van der Waals surface area contributed by atoms with Gasteiger partial charge in [0.15, 0.2) is 23.4 Å². The Hall–Kier alpha value is -3.35. The van der Waals surface area contributed by atoms with E-state index < -0.39 is 12.1 Å². The van der Waals surface area contributed by atoms with Gasteiger partial charge in [0.25, 0.3) is 5.91 Å². The fraction of sp³-hybridized carbons (Fsp3) is 0.286. The number of anilines is 1. The Labute approximate surface area is 162 Å². The molecule has 2 aromatic rings. The summed E-state index contributed by atoms with van der Waals surface area (Å²) in [5, 5.41) is 0. The van der Waals surface area contributed by atoms with Gasteiger partial charge in [0.2, 0.25) is 0 Å². The maximum Gasteiger partial charge on any atom is 0.313 e. The topological polar surface area (TPSA) is 82.1 Å². The van der Waals surface area contributed by atoms with Crippen molar-refractivity contribution in [3.05, 3.63) is 48.0 Å². The number of ether oxygens (including phenoxy) is 3. The lowest BCUT2D eigenvalue weighted by atomic mass is 10.1. The molecular weight excluding hydrogens is 362 g/mol. The largest absolute Gasteiger partial charge is 0.493 e. The summed E-state index contributed by atoms with van der Waals surface area (Å²) in [4.78, 5) is 37.8. The number of carbonyl (C=O) groups excluding carboxylic acids is 3. The average Bonchev–Trinajstić information content (AvgIpc) is 2.68. The van der Waals surface area contributed by atoms with Crippen molar-refractivity contribution in [2.75, 3.05) is 18.6 Å². The van der Waals surface area contributed by atoms with Crippen molar-refractivity contribution in [2.24, 2.45) is 0 Å². The molecule has 146 valence electrons. The van der Waals surface area contributed by atoms with E-state index in [1.54, 1.807) is 31.2 Å². The van der Waals surface area contributed by atoms with Crippen molar-refractivity contribution in [1.82, 2.24) is 0 Å². The summed E-state index contributed by atoms with van der Waals surface area (Å²) in [6.07, 6.45) is -0.630. The number of esters is 1. The Morgan fingerprint density at radius 1 is 1.14 bits per heavy atom. The lowest BCUT2D eigenvalue weighted by Crippen LogP contribution is -2.45. The van der Waals surface area contributed by atoms with Crippen LogP contribution in [-0.2, 0) is 9.59 Å². The van der Waals surface area contributed by atoms with Gasteiger partial charge in [-0.05, 0) is 44.2 Å². The Kier molecular flexibility index (Phi) is 5.63. The van der Waals surface area contributed by atoms with Crippen LogP contribution in [0.15, 0.2) is 42.5 Å². The third kappa shape index (κ3) is 3.98. The van der Waals surface area contributed by atoms with Crippen LogP contribution >= 0.6 is 0 Å². The summed E-state index contributed by atoms with van der Waals surface area (Å²) in [6.45, 7) is 3.28. The van der Waals surface area contributed by atoms with Crippen LogP contribution in [0, 0.1) is 0 Å². The quantitative estimate of drug-likeness (QED) is 0.433. The highest BCUT2D eigenvalue weighted by molar-refractivity contribution is 6.00. The van der Waals surface area contributed by atoms with Crippen molar-refractivity contribution < 1.29 is 28.6 Å². The number of methoxy groups -OCH3 is 1. The molecule has 0 N–H and O–H groups in total. The molecule has 0 radical (unpaired) electrons. The smallest absolute Gasteiger partial charge is 0.313 e. The predicted molar refractivity (Wildman–Crippen MR) is 102 cm³/mol. The first-order valence-electron chi connectivity index (χ1n) is 8.87. The molecule has 1 aliphatic heterocycles. The fourth-order valence-electron chi connectivity index (χ4n) is 2.94. The van der Waals surface area contributed by atoms with Crippen LogP contribution in [0.3, 0.4) is 0 Å². The van der Waals surface area contributed by atoms with E-state index in [0.717, 1.165) is 0 Å². The van der Waals surface area contributed by atoms with Crippen molar-refractivity contribution in [2.45, 2.75) is 26.4 Å². The minimum Gasteiger partial charge on any atom is -0.493 e. The highest BCUT2D eigenvalue weighted by Crippen LogP contribution is 2.34. The molecule has 3 rings (SSSR count). The summed E-state index contributed by atoms with van der Waals surface area (Å²) in [6, 6.07) is 11.8. The molecule has 1 aliphatic rings. The average molecular weight is 383 g/mol. The number of rotatable bonds is 6. The summed E-state index contributed by atoms with van der Waals surface area (Å²) in [7, 11) is 1.43. The summed E-state index contributed by atoms with van der Waals surface area (Å²) in [5.74, 6) is 0.273. The third-order valence-corrected chi connectivity index (χ3v) is 4.41. The van der Waals surface area contributed by atoms with Gasteiger partial charge in [-0.3, -0.25) is 14.4 Å². The Morgan fingerprint density at radius 3 is 2.61 bits per heavy atom. The summed E-state index contributed by atoms with van der Waals surface area (Å²) < 4.78 is 16.2. The lowest BCUT2D eigenvalue weighted by molar-refractivity contribution is -0.134. The second-order valence-electron chi connectivity index (χ2n) is 6.36. The van der Waals surface area contributed by atoms with E-state index >= 15 is 0 Å². The molecule has 0 aliphatic carbocycles. The van der Waals surface area contributed by atoms with Crippen LogP contribution in [0.25, 0.3) is 0 Å². The number of nitrogens with zero attached hydrogens (tertiary/aromatic N) is 1. The molecule has 7 heteroatoms. The monoisotopic (exact) mass is 383 g/mol. The van der Waals surface area contributed by atoms with E-state index in [0.29, 0.717) is 22.7 Å². The summed E-state index contributed by atoms with van der Waals surface area (Å²) >= 11 is 0. The SMILES string of the molecule is COc1cc(C(C)=O)ccc1OC(=O)CCN1C(=O)C(C)Oc2ccccc21. The van der Waals surface area contributed by atoms with Gasteiger partial charge in [0.05, 0.1) is 19.2 Å². The molecule has 0 aromatic heterocycles. The van der Waals surface area contributed by atoms with E-state index in [-0.39, 0.29) is 30.4 Å². The van der Waals surface area contributed by atoms with Gasteiger partial charge in [-0.15, -0.1) is 0 Å². The van der Waals surface area contributed by atoms with Gasteiger partial charge >= 0.3 is 5.97 Å². The van der Waals surface area contributed by atoms with E-state index in [4.69, 9.17) is 14.2 Å². The van der Waals surface area contributed by atoms with Crippen LogP contribution < -0.4 is 19.1 Å². The van der Waals surface area contributed by atoms with Crippen LogP contribution in [-0.4, -0.2) is 37.4 Å². The van der Waals surface area contributed by atoms with Gasteiger partial charge in [-0.2, -0.15) is 0 Å². The molecule has 1 unspecified atom stereocenters. The fourth-order valence-corrected chi connectivity index (χ4v) is 2.94. The van der Waals surface area contributed by atoms with Crippen molar-refractivity contribution in [3.63, 3.8) is 0 Å². The number of amides is 1. The van der Waals surface area contributed by atoms with E-state index in [2.05, 4.69) is 0 Å². The third-order valence-electron chi connectivity index (χ3n) is 4.41. The Morgan fingerprint density at radius 2 is 1.89 bits per heavy atom. The molecule has 0 fully saturated rings. The number of ketones is 1. The number of para-hydroxylation sites is 2. The maximum atomic E-state index is 12.5. The second-order valence-corrected chi connectivity index (χ2v) is 6.36. The van der Waals surface area contributed by atoms with Crippen LogP contribution in [0.5, 0.6) is 17.2 Å². The van der Waals surface area contributed by atoms with Gasteiger partial charge in [0.1, 0.15) is 5.75 Å². The van der Waals surface area contributed by atoms with Crippen LogP contribution in [0.1, 0.15) is 30.6 Å². The minimum absolute atomic E-state index is 0.00952. The highest BCUT2D eigenvalue weighted by Gasteiger charge is 2.31. The molecule has 1 atom stereocenters. The standard InChI is InChI=1S/C21H21NO6/c1-13(23)15-8-9-18(19(12-15)26-3)28-20(24)10-11-22-16-6-4-5-7-17(16)27-14(2)21(22)25/h4-9,12,14H,10-11H2,1-3H3. The van der Waals surface area contributed by atoms with Crippen molar-refractivity contribution in [3.8, 4) is 17.2 Å². The maximum absolute atomic E-state index is 12.5. The molecule has 0 saturated carbocycles. The number of fused-ring (bicyclic) bond motifs is 1. The molecule has 0 spiro atoms. The van der Waals surface area contributed by atoms with Crippen molar-refractivity contribution >= 4 is 23.3 Å². The van der Waals surface area contributed by atoms with Gasteiger partial charge in [-0.1, -0.05) is 12.1 Å². The first-order valence-corrected chi connectivity index (χ1v) is 8.87. The zero-order valence-electron chi connectivity index (χ0n) is 15.9. The first kappa shape index (κ1) is 19.4. The Bertz CT molecular complexity index is 923. The minimum atomic E-state index is -0.620. The summed E-state index contributed by atoms with van der Waals surface area (Å²) in [5.41, 5.74) is 1.09. The molecule has 0 saturated heterocycles. The number of hydrogen-bond donors (Lipinski definition) is 0. The first-order chi connectivity index (χ1) is 13.4. The normalized spacial score (nSPS) is 15.5. The highest BCUT2D eigenvalue weighted by atomic mass is 16.6. The molecule has 1 amide bonds. The Balaban J connectivity index is 1.69. The molecule has 1 heterocycles. The van der Waals surface area contributed by atoms with Gasteiger partial charge in [-0.25, -0.2) is 0 Å². The molecule has 28 heavy (non-hydrogen) atoms. The number of hydrogen-bond acceptors (Lipinski definition) is 6. The van der Waals surface area contributed by atoms with E-state index in [1.807, 2.05) is 6.07 Å². The van der Waals surface area contributed by atoms with Gasteiger partial charge in [0, 0.05) is 12.1 Å². The van der Waals surface area contributed by atoms with Crippen LogP contribution in [0.2, 0.25) is 0 Å².